The van der Waals surface area contributed by atoms with Crippen LogP contribution in [0.15, 0.2) is 42.5 Å². The number of hydrogen-bond acceptors (Lipinski definition) is 6. The number of benzene rings is 2. The second kappa shape index (κ2) is 7.63. The fraction of sp³-hybridized carbons (Fsp3) is 0.111. The average molecular weight is 419 g/mol. The Morgan fingerprint density at radius 1 is 1.26 bits per heavy atom. The second-order valence-corrected chi connectivity index (χ2v) is 7.98. The quantitative estimate of drug-likeness (QED) is 0.650. The highest BCUT2D eigenvalue weighted by Gasteiger charge is 2.40. The number of nitrogens with one attached hydrogen (secondary N) is 1. The smallest absolute Gasteiger partial charge is 0.339 e. The van der Waals surface area contributed by atoms with Crippen molar-refractivity contribution in [2.75, 3.05) is 10.2 Å². The third-order valence-corrected chi connectivity index (χ3v) is 5.86. The molecule has 2 aromatic carbocycles. The largest absolute Gasteiger partial charge is 0.507 e. The molecule has 0 bridgehead atoms. The molecule has 9 heteroatoms. The van der Waals surface area contributed by atoms with Crippen LogP contribution >= 0.6 is 36.2 Å². The van der Waals surface area contributed by atoms with E-state index >= 15 is 0 Å². The van der Waals surface area contributed by atoms with Crippen LogP contribution < -0.4 is 10.2 Å². The minimum atomic E-state index is -1.23. The lowest BCUT2D eigenvalue weighted by Gasteiger charge is -2.17. The second-order valence-electron chi connectivity index (χ2n) is 5.80. The molecular formula is C18H14N2O4S3. The van der Waals surface area contributed by atoms with E-state index in [0.29, 0.717) is 15.7 Å². The molecule has 1 heterocycles. The molecule has 138 valence electrons. The molecule has 6 nitrogen and oxygen atoms in total. The van der Waals surface area contributed by atoms with E-state index < -0.39 is 17.0 Å². The predicted octanol–water partition coefficient (Wildman–Crippen LogP) is 3.57. The number of carboxylic acids is 1. The van der Waals surface area contributed by atoms with Gasteiger partial charge in [0, 0.05) is 11.8 Å². The van der Waals surface area contributed by atoms with Gasteiger partial charge in [-0.05, 0) is 36.8 Å². The Kier molecular flexibility index (Phi) is 5.45. The molecule has 0 aliphatic carbocycles. The summed E-state index contributed by atoms with van der Waals surface area (Å²) in [5.74, 6) is -1.88. The Bertz CT molecular complexity index is 977. The van der Waals surface area contributed by atoms with E-state index in [-0.39, 0.29) is 16.5 Å². The van der Waals surface area contributed by atoms with Crippen LogP contribution in [0.4, 0.5) is 11.4 Å². The van der Waals surface area contributed by atoms with Crippen LogP contribution in [-0.4, -0.2) is 36.6 Å². The highest BCUT2D eigenvalue weighted by molar-refractivity contribution is 8.25. The van der Waals surface area contributed by atoms with Crippen molar-refractivity contribution in [2.24, 2.45) is 0 Å². The number of aromatic carboxylic acids is 1. The van der Waals surface area contributed by atoms with Crippen molar-refractivity contribution in [1.29, 1.82) is 0 Å². The van der Waals surface area contributed by atoms with Crippen LogP contribution in [0.25, 0.3) is 0 Å². The highest BCUT2D eigenvalue weighted by atomic mass is 32.2. The molecular weight excluding hydrogens is 404 g/mol. The van der Waals surface area contributed by atoms with Gasteiger partial charge in [-0.15, -0.1) is 0 Å². The van der Waals surface area contributed by atoms with Crippen molar-refractivity contribution >= 4 is 68.8 Å². The van der Waals surface area contributed by atoms with Crippen LogP contribution in [0.5, 0.6) is 5.75 Å². The fourth-order valence-electron chi connectivity index (χ4n) is 2.57. The van der Waals surface area contributed by atoms with E-state index in [1.807, 2.05) is 25.1 Å². The molecule has 0 spiro atoms. The summed E-state index contributed by atoms with van der Waals surface area (Å²) in [6, 6.07) is 11.4. The molecule has 1 amide bonds. The average Bonchev–Trinajstić information content (AvgIpc) is 2.89. The molecule has 0 radical (unpaired) electrons. The molecule has 1 unspecified atom stereocenters. The normalized spacial score (nSPS) is 16.5. The van der Waals surface area contributed by atoms with Crippen LogP contribution in [0, 0.1) is 6.92 Å². The van der Waals surface area contributed by atoms with Gasteiger partial charge in [0.05, 0.1) is 5.69 Å². The minimum Gasteiger partial charge on any atom is -0.507 e. The maximum atomic E-state index is 12.8. The number of anilines is 2. The molecule has 0 aromatic heterocycles. The van der Waals surface area contributed by atoms with Gasteiger partial charge in [0.15, 0.2) is 0 Å². The molecule has 0 saturated carbocycles. The molecule has 2 aromatic rings. The highest BCUT2D eigenvalue weighted by Crippen LogP contribution is 2.34. The number of aromatic hydroxyl groups is 1. The van der Waals surface area contributed by atoms with Crippen molar-refractivity contribution in [3.8, 4) is 5.75 Å². The maximum absolute atomic E-state index is 12.8. The summed E-state index contributed by atoms with van der Waals surface area (Å²) in [7, 11) is 0. The summed E-state index contributed by atoms with van der Waals surface area (Å²) in [5.41, 5.74) is 1.86. The number of aryl methyl sites for hydroxylation is 1. The predicted molar refractivity (Wildman–Crippen MR) is 114 cm³/mol. The van der Waals surface area contributed by atoms with Gasteiger partial charge in [-0.25, -0.2) is 4.79 Å². The molecule has 1 fully saturated rings. The number of hydrogen-bond donors (Lipinski definition) is 3. The summed E-state index contributed by atoms with van der Waals surface area (Å²) in [6.45, 7) is 1.93. The first-order valence-corrected chi connectivity index (χ1v) is 9.46. The number of thioether (sulfide) groups is 1. The Balaban J connectivity index is 1.78. The number of phenols is 1. The first kappa shape index (κ1) is 19.3. The van der Waals surface area contributed by atoms with E-state index in [1.54, 1.807) is 6.07 Å². The Morgan fingerprint density at radius 2 is 2.00 bits per heavy atom. The van der Waals surface area contributed by atoms with Crippen molar-refractivity contribution in [2.45, 2.75) is 12.2 Å². The van der Waals surface area contributed by atoms with Crippen molar-refractivity contribution in [1.82, 2.24) is 0 Å². The fourth-order valence-corrected chi connectivity index (χ4v) is 4.30. The monoisotopic (exact) mass is 418 g/mol. The van der Waals surface area contributed by atoms with E-state index in [1.165, 1.54) is 34.9 Å². The zero-order chi connectivity index (χ0) is 19.7. The molecule has 1 saturated heterocycles. The summed E-state index contributed by atoms with van der Waals surface area (Å²) in [4.78, 5) is 25.5. The number of rotatable bonds is 4. The summed E-state index contributed by atoms with van der Waals surface area (Å²) >= 11 is 11.9. The molecule has 1 aliphatic heterocycles. The Hall–Kier alpha value is -2.49. The SMILES string of the molecule is Cc1cccc(N2C(=O)C(C(=S)Nc3ccc(C(=O)O)c(O)c3)SC2=S)c1. The number of thiocarbonyl (C=S) groups is 2. The van der Waals surface area contributed by atoms with E-state index in [2.05, 4.69) is 5.32 Å². The van der Waals surface area contributed by atoms with Crippen LogP contribution in [0.1, 0.15) is 15.9 Å². The molecule has 27 heavy (non-hydrogen) atoms. The first-order valence-electron chi connectivity index (χ1n) is 7.76. The van der Waals surface area contributed by atoms with Crippen molar-refractivity contribution < 1.29 is 19.8 Å². The summed E-state index contributed by atoms with van der Waals surface area (Å²) in [5, 5.41) is 20.9. The number of carbonyl (C=O) groups excluding carboxylic acids is 1. The number of carboxylic acid groups (broad SMARTS) is 1. The van der Waals surface area contributed by atoms with Crippen molar-refractivity contribution in [3.63, 3.8) is 0 Å². The summed E-state index contributed by atoms with van der Waals surface area (Å²) < 4.78 is 0.406. The Labute approximate surface area is 170 Å². The van der Waals surface area contributed by atoms with Crippen LogP contribution in [-0.2, 0) is 4.79 Å². The third kappa shape index (κ3) is 3.95. The molecule has 1 aliphatic rings. The van der Waals surface area contributed by atoms with Gasteiger partial charge in [0.1, 0.15) is 25.9 Å². The lowest BCUT2D eigenvalue weighted by atomic mass is 10.2. The van der Waals surface area contributed by atoms with Crippen molar-refractivity contribution in [3.05, 3.63) is 53.6 Å². The van der Waals surface area contributed by atoms with Gasteiger partial charge in [-0.2, -0.15) is 0 Å². The number of nitrogens with zero attached hydrogens (tertiary/aromatic N) is 1. The van der Waals surface area contributed by atoms with E-state index in [9.17, 15) is 14.7 Å². The van der Waals surface area contributed by atoms with E-state index in [4.69, 9.17) is 29.5 Å². The van der Waals surface area contributed by atoms with E-state index in [0.717, 1.165) is 5.56 Å². The number of amides is 1. The third-order valence-electron chi connectivity index (χ3n) is 3.84. The minimum absolute atomic E-state index is 0.218. The summed E-state index contributed by atoms with van der Waals surface area (Å²) in [6.07, 6.45) is 0. The van der Waals surface area contributed by atoms with Gasteiger partial charge >= 0.3 is 5.97 Å². The zero-order valence-electron chi connectivity index (χ0n) is 14.0. The van der Waals surface area contributed by atoms with Gasteiger partial charge in [-0.1, -0.05) is 48.3 Å². The molecule has 3 rings (SSSR count). The first-order chi connectivity index (χ1) is 12.8. The van der Waals surface area contributed by atoms with Gasteiger partial charge in [-0.3, -0.25) is 9.69 Å². The standard InChI is InChI=1S/C18H14N2O4S3/c1-9-3-2-4-11(7-9)20-16(22)14(27-18(20)26)15(25)19-10-5-6-12(17(23)24)13(21)8-10/h2-8,14,21H,1H3,(H,19,25)(H,23,24). The Morgan fingerprint density at radius 3 is 2.63 bits per heavy atom. The molecule has 3 N–H and O–H groups in total. The van der Waals surface area contributed by atoms with Crippen LogP contribution in [0.2, 0.25) is 0 Å². The van der Waals surface area contributed by atoms with Crippen LogP contribution in [0.3, 0.4) is 0 Å². The maximum Gasteiger partial charge on any atom is 0.339 e. The molecule has 1 atom stereocenters. The number of carbonyl (C=O) groups is 2. The van der Waals surface area contributed by atoms with Gasteiger partial charge in [0.2, 0.25) is 0 Å². The lowest BCUT2D eigenvalue weighted by molar-refractivity contribution is -0.115. The van der Waals surface area contributed by atoms with Gasteiger partial charge < -0.3 is 15.5 Å². The van der Waals surface area contributed by atoms with Gasteiger partial charge in [0.25, 0.3) is 5.91 Å². The topological polar surface area (TPSA) is 89.9 Å². The zero-order valence-corrected chi connectivity index (χ0v) is 16.5. The lowest BCUT2D eigenvalue weighted by Crippen LogP contribution is -2.36.